The first-order valence-corrected chi connectivity index (χ1v) is 5.90. The van der Waals surface area contributed by atoms with Crippen molar-refractivity contribution in [2.45, 2.75) is 17.9 Å². The summed E-state index contributed by atoms with van der Waals surface area (Å²) in [5.41, 5.74) is 0.647. The number of hydrogen-bond donors (Lipinski definition) is 0. The molecule has 0 aliphatic rings. The second-order valence-electron chi connectivity index (χ2n) is 3.04. The molecule has 0 radical (unpaired) electrons. The maximum absolute atomic E-state index is 12.4. The van der Waals surface area contributed by atoms with Gasteiger partial charge in [-0.05, 0) is 18.6 Å². The van der Waals surface area contributed by atoms with E-state index in [4.69, 9.17) is 4.74 Å². The molecule has 0 saturated heterocycles. The highest BCUT2D eigenvalue weighted by Crippen LogP contribution is 2.40. The van der Waals surface area contributed by atoms with Gasteiger partial charge >= 0.3 is 6.18 Å². The molecule has 15 heavy (non-hydrogen) atoms. The fourth-order valence-electron chi connectivity index (χ4n) is 1.18. The Balaban J connectivity index is 2.96. The van der Waals surface area contributed by atoms with Gasteiger partial charge in [0.1, 0.15) is 4.88 Å². The second-order valence-corrected chi connectivity index (χ2v) is 5.40. The van der Waals surface area contributed by atoms with Crippen LogP contribution in [0, 0.1) is 6.92 Å². The maximum atomic E-state index is 12.4. The molecule has 1 aromatic rings. The maximum Gasteiger partial charge on any atom is 0.425 e. The largest absolute Gasteiger partial charge is 0.425 e. The van der Waals surface area contributed by atoms with Gasteiger partial charge in [-0.1, -0.05) is 15.9 Å². The monoisotopic (exact) mass is 302 g/mol. The Hall–Kier alpha value is -0.0700. The lowest BCUT2D eigenvalue weighted by atomic mass is 10.2. The molecule has 0 spiro atoms. The SMILES string of the molecule is COCC(Br)c1cc(C(F)(F)F)sc1C. The van der Waals surface area contributed by atoms with Crippen LogP contribution < -0.4 is 0 Å². The van der Waals surface area contributed by atoms with E-state index in [0.717, 1.165) is 11.3 Å². The van der Waals surface area contributed by atoms with Gasteiger partial charge in [-0.2, -0.15) is 13.2 Å². The Kier molecular flexibility index (Phi) is 4.20. The Labute approximate surface area is 98.4 Å². The molecule has 1 heterocycles. The molecule has 0 amide bonds. The van der Waals surface area contributed by atoms with E-state index in [1.54, 1.807) is 6.92 Å². The summed E-state index contributed by atoms with van der Waals surface area (Å²) in [7, 11) is 1.51. The molecule has 0 fully saturated rings. The van der Waals surface area contributed by atoms with Crippen LogP contribution in [0.25, 0.3) is 0 Å². The van der Waals surface area contributed by atoms with Crippen LogP contribution in [0.1, 0.15) is 20.1 Å². The third-order valence-corrected chi connectivity index (χ3v) is 3.75. The average molecular weight is 303 g/mol. The molecular formula is C9H10BrF3OS. The van der Waals surface area contributed by atoms with Crippen LogP contribution in [0.3, 0.4) is 0 Å². The molecule has 0 aliphatic carbocycles. The van der Waals surface area contributed by atoms with Crippen molar-refractivity contribution >= 4 is 27.3 Å². The van der Waals surface area contributed by atoms with Crippen molar-refractivity contribution in [3.8, 4) is 0 Å². The van der Waals surface area contributed by atoms with E-state index >= 15 is 0 Å². The number of ether oxygens (including phenoxy) is 1. The molecule has 1 rings (SSSR count). The number of hydrogen-bond acceptors (Lipinski definition) is 2. The van der Waals surface area contributed by atoms with E-state index in [1.807, 2.05) is 0 Å². The van der Waals surface area contributed by atoms with Gasteiger partial charge in [0.05, 0.1) is 11.4 Å². The highest BCUT2D eigenvalue weighted by Gasteiger charge is 2.34. The Morgan fingerprint density at radius 3 is 2.53 bits per heavy atom. The first-order chi connectivity index (χ1) is 6.86. The van der Waals surface area contributed by atoms with Gasteiger partial charge in [0.2, 0.25) is 0 Å². The summed E-state index contributed by atoms with van der Waals surface area (Å²) in [5.74, 6) is 0. The van der Waals surface area contributed by atoms with Crippen molar-refractivity contribution in [1.29, 1.82) is 0 Å². The first kappa shape index (κ1) is 13.0. The lowest BCUT2D eigenvalue weighted by Gasteiger charge is -2.07. The Bertz CT molecular complexity index is 335. The zero-order valence-electron chi connectivity index (χ0n) is 8.19. The molecule has 0 N–H and O–H groups in total. The molecule has 1 unspecified atom stereocenters. The third kappa shape index (κ3) is 3.19. The normalized spacial score (nSPS) is 14.3. The van der Waals surface area contributed by atoms with Gasteiger partial charge in [-0.25, -0.2) is 0 Å². The summed E-state index contributed by atoms with van der Waals surface area (Å²) in [6.07, 6.45) is -4.26. The highest BCUT2D eigenvalue weighted by atomic mass is 79.9. The zero-order chi connectivity index (χ0) is 11.6. The smallest absolute Gasteiger partial charge is 0.383 e. The first-order valence-electron chi connectivity index (χ1n) is 4.16. The van der Waals surface area contributed by atoms with Crippen LogP contribution in [-0.2, 0) is 10.9 Å². The predicted octanol–water partition coefficient (Wildman–Crippen LogP) is 4.16. The third-order valence-electron chi connectivity index (χ3n) is 1.89. The quantitative estimate of drug-likeness (QED) is 0.762. The number of thiophene rings is 1. The molecule has 1 atom stereocenters. The Morgan fingerprint density at radius 2 is 2.13 bits per heavy atom. The van der Waals surface area contributed by atoms with E-state index in [9.17, 15) is 13.2 Å². The van der Waals surface area contributed by atoms with Crippen LogP contribution in [0.2, 0.25) is 0 Å². The fourth-order valence-corrected chi connectivity index (χ4v) is 3.02. The van der Waals surface area contributed by atoms with Gasteiger partial charge in [0.25, 0.3) is 0 Å². The minimum atomic E-state index is -4.26. The van der Waals surface area contributed by atoms with E-state index < -0.39 is 11.1 Å². The zero-order valence-corrected chi connectivity index (χ0v) is 10.6. The summed E-state index contributed by atoms with van der Waals surface area (Å²) in [6, 6.07) is 1.18. The van der Waals surface area contributed by atoms with Crippen LogP contribution >= 0.6 is 27.3 Å². The molecule has 6 heteroatoms. The highest BCUT2D eigenvalue weighted by molar-refractivity contribution is 9.09. The van der Waals surface area contributed by atoms with E-state index in [1.165, 1.54) is 13.2 Å². The fraction of sp³-hybridized carbons (Fsp3) is 0.556. The van der Waals surface area contributed by atoms with Gasteiger partial charge in [0.15, 0.2) is 0 Å². The minimum Gasteiger partial charge on any atom is -0.383 e. The van der Waals surface area contributed by atoms with Crippen molar-refractivity contribution in [3.05, 3.63) is 21.4 Å². The predicted molar refractivity (Wildman–Crippen MR) is 57.6 cm³/mol. The number of halogens is 4. The van der Waals surface area contributed by atoms with E-state index in [2.05, 4.69) is 15.9 Å². The summed E-state index contributed by atoms with van der Waals surface area (Å²) in [6.45, 7) is 2.04. The molecule has 0 aromatic carbocycles. The molecule has 0 bridgehead atoms. The van der Waals surface area contributed by atoms with Gasteiger partial charge in [0, 0.05) is 12.0 Å². The standard InChI is InChI=1S/C9H10BrF3OS/c1-5-6(7(10)4-14-2)3-8(15-5)9(11,12)13/h3,7H,4H2,1-2H3. The van der Waals surface area contributed by atoms with Crippen molar-refractivity contribution in [1.82, 2.24) is 0 Å². The number of alkyl halides is 4. The number of methoxy groups -OCH3 is 1. The summed E-state index contributed by atoms with van der Waals surface area (Å²) in [5, 5.41) is 0. The van der Waals surface area contributed by atoms with Crippen LogP contribution in [0.15, 0.2) is 6.07 Å². The molecule has 0 saturated carbocycles. The van der Waals surface area contributed by atoms with Gasteiger partial charge in [-0.3, -0.25) is 0 Å². The summed E-state index contributed by atoms with van der Waals surface area (Å²) < 4.78 is 42.1. The molecular weight excluding hydrogens is 293 g/mol. The van der Waals surface area contributed by atoms with E-state index in [-0.39, 0.29) is 4.83 Å². The molecule has 1 aromatic heterocycles. The molecule has 0 aliphatic heterocycles. The topological polar surface area (TPSA) is 9.23 Å². The Morgan fingerprint density at radius 1 is 1.53 bits per heavy atom. The minimum absolute atomic E-state index is 0.185. The molecule has 1 nitrogen and oxygen atoms in total. The van der Waals surface area contributed by atoms with Gasteiger partial charge < -0.3 is 4.74 Å². The summed E-state index contributed by atoms with van der Waals surface area (Å²) >= 11 is 4.06. The van der Waals surface area contributed by atoms with Crippen molar-refractivity contribution in [2.75, 3.05) is 13.7 Å². The number of rotatable bonds is 3. The van der Waals surface area contributed by atoms with Crippen LogP contribution in [0.5, 0.6) is 0 Å². The average Bonchev–Trinajstić information content (AvgIpc) is 2.47. The van der Waals surface area contributed by atoms with Crippen LogP contribution in [-0.4, -0.2) is 13.7 Å². The van der Waals surface area contributed by atoms with Crippen molar-refractivity contribution in [2.24, 2.45) is 0 Å². The second kappa shape index (κ2) is 4.84. The van der Waals surface area contributed by atoms with Crippen molar-refractivity contribution < 1.29 is 17.9 Å². The van der Waals surface area contributed by atoms with Crippen LogP contribution in [0.4, 0.5) is 13.2 Å². The molecule has 86 valence electrons. The lowest BCUT2D eigenvalue weighted by Crippen LogP contribution is -2.02. The summed E-state index contributed by atoms with van der Waals surface area (Å²) in [4.78, 5) is -0.0772. The lowest BCUT2D eigenvalue weighted by molar-refractivity contribution is -0.134. The van der Waals surface area contributed by atoms with Gasteiger partial charge in [-0.15, -0.1) is 11.3 Å². The van der Waals surface area contributed by atoms with E-state index in [0.29, 0.717) is 17.0 Å². The van der Waals surface area contributed by atoms with Crippen molar-refractivity contribution in [3.63, 3.8) is 0 Å². The number of aryl methyl sites for hydroxylation is 1.